The third-order valence-electron chi connectivity index (χ3n) is 4.08. The van der Waals surface area contributed by atoms with E-state index in [4.69, 9.17) is 21.1 Å². The van der Waals surface area contributed by atoms with Gasteiger partial charge >= 0.3 is 11.7 Å². The van der Waals surface area contributed by atoms with Gasteiger partial charge in [-0.15, -0.1) is 0 Å². The summed E-state index contributed by atoms with van der Waals surface area (Å²) in [5.74, 6) is -1.38. The summed E-state index contributed by atoms with van der Waals surface area (Å²) in [6.45, 7) is 4.76. The number of esters is 1. The zero-order valence-corrected chi connectivity index (χ0v) is 19.3. The Hall–Kier alpha value is -3.66. The van der Waals surface area contributed by atoms with E-state index in [1.165, 1.54) is 49.5 Å². The Morgan fingerprint density at radius 1 is 1.12 bits per heavy atom. The van der Waals surface area contributed by atoms with E-state index in [1.807, 2.05) is 20.8 Å². The lowest BCUT2D eigenvalue weighted by atomic mass is 10.1. The zero-order chi connectivity index (χ0) is 24.8. The van der Waals surface area contributed by atoms with Gasteiger partial charge in [0.15, 0.2) is 6.61 Å². The molecule has 0 radical (unpaired) electrons. The summed E-state index contributed by atoms with van der Waals surface area (Å²) in [6.07, 6.45) is 0. The molecular formula is C22H24ClN3O7. The van der Waals surface area contributed by atoms with Crippen molar-refractivity contribution in [2.24, 2.45) is 0 Å². The standard InChI is InChI=1S/C22H24ClN3O7/c1-22(2,3)24-19(27)12-25(4)20(28)13-32-21(29)14-5-8-16(9-6-14)33-18-10-7-15(23)11-17(18)26(30)31/h5-11H,12-13H2,1-4H3,(H,24,27). The van der Waals surface area contributed by atoms with Crippen LogP contribution in [-0.4, -0.2) is 53.3 Å². The van der Waals surface area contributed by atoms with Crippen molar-refractivity contribution in [3.63, 3.8) is 0 Å². The first-order valence-corrected chi connectivity index (χ1v) is 10.2. The van der Waals surface area contributed by atoms with E-state index in [0.29, 0.717) is 0 Å². The number of hydrogen-bond donors (Lipinski definition) is 1. The monoisotopic (exact) mass is 477 g/mol. The highest BCUT2D eigenvalue weighted by Crippen LogP contribution is 2.33. The molecule has 1 N–H and O–H groups in total. The van der Waals surface area contributed by atoms with Crippen LogP contribution in [-0.2, 0) is 14.3 Å². The number of amides is 2. The Bertz CT molecular complexity index is 1050. The van der Waals surface area contributed by atoms with Crippen LogP contribution in [0.4, 0.5) is 5.69 Å². The zero-order valence-electron chi connectivity index (χ0n) is 18.6. The van der Waals surface area contributed by atoms with E-state index in [0.717, 1.165) is 4.90 Å². The summed E-state index contributed by atoms with van der Waals surface area (Å²) in [7, 11) is 1.43. The Balaban J connectivity index is 1.92. The Morgan fingerprint density at radius 3 is 2.33 bits per heavy atom. The third-order valence-corrected chi connectivity index (χ3v) is 4.32. The van der Waals surface area contributed by atoms with E-state index in [1.54, 1.807) is 0 Å². The van der Waals surface area contributed by atoms with Gasteiger partial charge in [0.05, 0.1) is 17.0 Å². The number of likely N-dealkylation sites (N-methyl/N-ethyl adjacent to an activating group) is 1. The number of hydrogen-bond acceptors (Lipinski definition) is 7. The Kier molecular flexibility index (Phi) is 8.36. The number of carbonyl (C=O) groups excluding carboxylic acids is 3. The maximum atomic E-state index is 12.2. The minimum atomic E-state index is -0.750. The highest BCUT2D eigenvalue weighted by molar-refractivity contribution is 6.30. The van der Waals surface area contributed by atoms with Gasteiger partial charge < -0.3 is 19.7 Å². The van der Waals surface area contributed by atoms with Crippen LogP contribution in [0.15, 0.2) is 42.5 Å². The molecule has 0 heterocycles. The molecule has 2 aromatic carbocycles. The van der Waals surface area contributed by atoms with Crippen molar-refractivity contribution in [2.75, 3.05) is 20.2 Å². The third kappa shape index (κ3) is 8.08. The highest BCUT2D eigenvalue weighted by atomic mass is 35.5. The minimum Gasteiger partial charge on any atom is -0.452 e. The smallest absolute Gasteiger partial charge is 0.338 e. The van der Waals surface area contributed by atoms with Crippen LogP contribution in [0.25, 0.3) is 0 Å². The van der Waals surface area contributed by atoms with Gasteiger partial charge in [-0.3, -0.25) is 19.7 Å². The van der Waals surface area contributed by atoms with Gasteiger partial charge in [0.2, 0.25) is 11.7 Å². The number of carbonyl (C=O) groups is 3. The number of nitro benzene ring substituents is 1. The normalized spacial score (nSPS) is 10.8. The average Bonchev–Trinajstić information content (AvgIpc) is 2.71. The molecule has 33 heavy (non-hydrogen) atoms. The summed E-state index contributed by atoms with van der Waals surface area (Å²) in [6, 6.07) is 9.64. The van der Waals surface area contributed by atoms with Gasteiger partial charge in [-0.05, 0) is 57.2 Å². The molecule has 0 aliphatic carbocycles. The second kappa shape index (κ2) is 10.8. The molecule has 11 heteroatoms. The molecule has 2 aromatic rings. The predicted octanol–water partition coefficient (Wildman–Crippen LogP) is 3.57. The van der Waals surface area contributed by atoms with Crippen LogP contribution in [0.1, 0.15) is 31.1 Å². The largest absolute Gasteiger partial charge is 0.452 e. The van der Waals surface area contributed by atoms with E-state index < -0.39 is 28.9 Å². The fourth-order valence-corrected chi connectivity index (χ4v) is 2.75. The van der Waals surface area contributed by atoms with Gasteiger partial charge in [0.1, 0.15) is 5.75 Å². The number of nitrogens with zero attached hydrogens (tertiary/aromatic N) is 2. The van der Waals surface area contributed by atoms with E-state index in [-0.39, 0.29) is 40.2 Å². The number of nitro groups is 1. The van der Waals surface area contributed by atoms with Gasteiger partial charge in [-0.2, -0.15) is 0 Å². The first-order chi connectivity index (χ1) is 15.4. The van der Waals surface area contributed by atoms with E-state index in [2.05, 4.69) is 5.32 Å². The van der Waals surface area contributed by atoms with Gasteiger partial charge in [0, 0.05) is 23.7 Å². The molecule has 0 saturated carbocycles. The molecular weight excluding hydrogens is 454 g/mol. The van der Waals surface area contributed by atoms with Gasteiger partial charge in [-0.1, -0.05) is 11.6 Å². The lowest BCUT2D eigenvalue weighted by Crippen LogP contribution is -2.46. The van der Waals surface area contributed by atoms with Crippen molar-refractivity contribution in [3.8, 4) is 11.5 Å². The van der Waals surface area contributed by atoms with Crippen LogP contribution in [0.2, 0.25) is 5.02 Å². The SMILES string of the molecule is CN(CC(=O)NC(C)(C)C)C(=O)COC(=O)c1ccc(Oc2ccc(Cl)cc2[N+](=O)[O-])cc1. The summed E-state index contributed by atoms with van der Waals surface area (Å²) >= 11 is 5.78. The van der Waals surface area contributed by atoms with Crippen molar-refractivity contribution in [1.29, 1.82) is 0 Å². The maximum Gasteiger partial charge on any atom is 0.338 e. The molecule has 0 spiro atoms. The lowest BCUT2D eigenvalue weighted by Gasteiger charge is -2.23. The molecule has 2 amide bonds. The van der Waals surface area contributed by atoms with Crippen molar-refractivity contribution in [1.82, 2.24) is 10.2 Å². The minimum absolute atomic E-state index is 0.0103. The molecule has 0 fully saturated rings. The Labute approximate surface area is 195 Å². The first-order valence-electron chi connectivity index (χ1n) is 9.79. The first kappa shape index (κ1) is 25.6. The number of nitrogens with one attached hydrogen (secondary N) is 1. The molecule has 0 atom stereocenters. The maximum absolute atomic E-state index is 12.2. The number of rotatable bonds is 8. The molecule has 0 unspecified atom stereocenters. The van der Waals surface area contributed by atoms with Crippen LogP contribution in [0, 0.1) is 10.1 Å². The van der Waals surface area contributed by atoms with Crippen molar-refractivity contribution >= 4 is 35.1 Å². The topological polar surface area (TPSA) is 128 Å². The van der Waals surface area contributed by atoms with E-state index >= 15 is 0 Å². The second-order valence-electron chi connectivity index (χ2n) is 8.12. The molecule has 176 valence electrons. The quantitative estimate of drug-likeness (QED) is 0.349. The number of halogens is 1. The summed E-state index contributed by atoms with van der Waals surface area (Å²) in [5, 5.41) is 14.1. The summed E-state index contributed by atoms with van der Waals surface area (Å²) in [5.41, 5.74) is -0.583. The molecule has 0 aliphatic heterocycles. The fraction of sp³-hybridized carbons (Fsp3) is 0.318. The molecule has 2 rings (SSSR count). The van der Waals surface area contributed by atoms with Crippen LogP contribution in [0.5, 0.6) is 11.5 Å². The van der Waals surface area contributed by atoms with E-state index in [9.17, 15) is 24.5 Å². The second-order valence-corrected chi connectivity index (χ2v) is 8.56. The van der Waals surface area contributed by atoms with Crippen molar-refractivity contribution in [3.05, 3.63) is 63.2 Å². The van der Waals surface area contributed by atoms with Gasteiger partial charge in [-0.25, -0.2) is 4.79 Å². The highest BCUT2D eigenvalue weighted by Gasteiger charge is 2.20. The van der Waals surface area contributed by atoms with Crippen LogP contribution in [0.3, 0.4) is 0 Å². The van der Waals surface area contributed by atoms with Crippen LogP contribution < -0.4 is 10.1 Å². The molecule has 0 bridgehead atoms. The fourth-order valence-electron chi connectivity index (χ4n) is 2.59. The average molecular weight is 478 g/mol. The molecule has 0 aliphatic rings. The van der Waals surface area contributed by atoms with Crippen molar-refractivity contribution < 1.29 is 28.8 Å². The number of ether oxygens (including phenoxy) is 2. The Morgan fingerprint density at radius 2 is 1.76 bits per heavy atom. The molecule has 10 nitrogen and oxygen atoms in total. The summed E-state index contributed by atoms with van der Waals surface area (Å²) < 4.78 is 10.5. The van der Waals surface area contributed by atoms with Crippen molar-refractivity contribution in [2.45, 2.75) is 26.3 Å². The molecule has 0 saturated heterocycles. The van der Waals surface area contributed by atoms with Gasteiger partial charge in [0.25, 0.3) is 5.91 Å². The van der Waals surface area contributed by atoms with Crippen LogP contribution >= 0.6 is 11.6 Å². The lowest BCUT2D eigenvalue weighted by molar-refractivity contribution is -0.385. The summed E-state index contributed by atoms with van der Waals surface area (Å²) in [4.78, 5) is 47.9. The molecule has 0 aromatic heterocycles. The predicted molar refractivity (Wildman–Crippen MR) is 120 cm³/mol. The number of benzene rings is 2.